The Morgan fingerprint density at radius 1 is 1.17 bits per heavy atom. The maximum absolute atomic E-state index is 14.6. The van der Waals surface area contributed by atoms with Crippen molar-refractivity contribution in [1.29, 1.82) is 5.26 Å². The van der Waals surface area contributed by atoms with Crippen molar-refractivity contribution >= 4 is 12.0 Å². The summed E-state index contributed by atoms with van der Waals surface area (Å²) >= 11 is 0. The number of anilines is 1. The average molecular weight is 495 g/mol. The molecule has 1 aliphatic rings. The molecule has 1 aliphatic heterocycles. The molecule has 2 heterocycles. The average Bonchev–Trinajstić information content (AvgIpc) is 2.85. The molecular weight excluding hydrogens is 472 g/mol. The van der Waals surface area contributed by atoms with Gasteiger partial charge in [-0.2, -0.15) is 10.2 Å². The highest BCUT2D eigenvalue weighted by Crippen LogP contribution is 2.34. The Morgan fingerprint density at radius 2 is 1.83 bits per heavy atom. The van der Waals surface area contributed by atoms with E-state index in [1.165, 1.54) is 31.4 Å². The quantitative estimate of drug-likeness (QED) is 0.556. The van der Waals surface area contributed by atoms with Crippen LogP contribution in [0.1, 0.15) is 18.4 Å². The fraction of sp³-hybridized carbons (Fsp3) is 0.280. The lowest BCUT2D eigenvalue weighted by molar-refractivity contribution is 0.187. The summed E-state index contributed by atoms with van der Waals surface area (Å²) in [6, 6.07) is 9.61. The van der Waals surface area contributed by atoms with Gasteiger partial charge in [-0.1, -0.05) is 12.1 Å². The summed E-state index contributed by atoms with van der Waals surface area (Å²) in [5.74, 6) is -1.12. The monoisotopic (exact) mass is 495 g/mol. The summed E-state index contributed by atoms with van der Waals surface area (Å²) in [7, 11) is 2.99. The molecule has 186 valence electrons. The maximum Gasteiger partial charge on any atom is 0.404 e. The van der Waals surface area contributed by atoms with Crippen LogP contribution in [0.15, 0.2) is 41.2 Å². The largest absolute Gasteiger partial charge is 0.494 e. The van der Waals surface area contributed by atoms with Crippen molar-refractivity contribution in [3.05, 3.63) is 63.9 Å². The van der Waals surface area contributed by atoms with Crippen LogP contribution < -0.4 is 20.5 Å². The van der Waals surface area contributed by atoms with Gasteiger partial charge in [-0.25, -0.2) is 13.6 Å². The molecule has 3 aromatic rings. The SMILES string of the molecule is COc1ccc(-c2c(-c3ccc(C#N)c(F)c3)n(C)c(N3CCC(NC(=O)O)CC3)nc2=O)cc1F. The number of carbonyl (C=O) groups is 1. The number of halogens is 2. The highest BCUT2D eigenvalue weighted by Gasteiger charge is 2.26. The number of nitriles is 1. The summed E-state index contributed by atoms with van der Waals surface area (Å²) in [5, 5.41) is 20.6. The molecule has 0 saturated carbocycles. The van der Waals surface area contributed by atoms with Gasteiger partial charge in [0.05, 0.1) is 23.9 Å². The summed E-state index contributed by atoms with van der Waals surface area (Å²) in [6.07, 6.45) is -0.0803. The number of nitrogens with one attached hydrogen (secondary N) is 1. The van der Waals surface area contributed by atoms with Crippen LogP contribution >= 0.6 is 0 Å². The molecule has 1 saturated heterocycles. The van der Waals surface area contributed by atoms with Gasteiger partial charge in [0.1, 0.15) is 11.9 Å². The summed E-state index contributed by atoms with van der Waals surface area (Å²) in [6.45, 7) is 0.867. The first-order valence-corrected chi connectivity index (χ1v) is 11.1. The molecule has 0 spiro atoms. The molecule has 4 rings (SSSR count). The Kier molecular flexibility index (Phi) is 6.87. The van der Waals surface area contributed by atoms with Gasteiger partial charge >= 0.3 is 6.09 Å². The predicted molar refractivity (Wildman–Crippen MR) is 128 cm³/mol. The van der Waals surface area contributed by atoms with E-state index in [2.05, 4.69) is 10.3 Å². The molecule has 0 atom stereocenters. The Morgan fingerprint density at radius 3 is 2.42 bits per heavy atom. The normalized spacial score (nSPS) is 13.8. The first kappa shape index (κ1) is 24.7. The number of ether oxygens (including phenoxy) is 1. The number of rotatable bonds is 5. The van der Waals surface area contributed by atoms with E-state index in [1.54, 1.807) is 17.7 Å². The van der Waals surface area contributed by atoms with E-state index in [1.807, 2.05) is 4.90 Å². The molecule has 9 nitrogen and oxygen atoms in total. The van der Waals surface area contributed by atoms with Gasteiger partial charge in [-0.3, -0.25) is 4.79 Å². The zero-order valence-electron chi connectivity index (χ0n) is 19.6. The Balaban J connectivity index is 1.87. The lowest BCUT2D eigenvalue weighted by Gasteiger charge is -2.34. The van der Waals surface area contributed by atoms with Gasteiger partial charge in [0.25, 0.3) is 5.56 Å². The molecule has 1 aromatic heterocycles. The number of benzene rings is 2. The zero-order valence-corrected chi connectivity index (χ0v) is 19.6. The number of piperidine rings is 1. The van der Waals surface area contributed by atoms with E-state index >= 15 is 0 Å². The standard InChI is InChI=1S/C25H23F2N5O4/c1-31-22(15-3-4-16(13-28)18(26)12-15)21(14-5-6-20(36-2)19(27)11-14)23(33)30-24(31)32-9-7-17(8-10-32)29-25(34)35/h3-6,11-12,17,29H,7-10H2,1-2H3,(H,34,35). The van der Waals surface area contributed by atoms with Gasteiger partial charge in [-0.05, 0) is 42.7 Å². The molecule has 0 bridgehead atoms. The first-order valence-electron chi connectivity index (χ1n) is 11.1. The van der Waals surface area contributed by atoms with Crippen molar-refractivity contribution < 1.29 is 23.4 Å². The number of amides is 1. The number of hydrogen-bond donors (Lipinski definition) is 2. The molecule has 1 fully saturated rings. The van der Waals surface area contributed by atoms with Crippen molar-refractivity contribution in [2.24, 2.45) is 7.05 Å². The third kappa shape index (κ3) is 4.70. The number of carboxylic acid groups (broad SMARTS) is 1. The molecule has 2 aromatic carbocycles. The van der Waals surface area contributed by atoms with Gasteiger partial charge < -0.3 is 24.6 Å². The van der Waals surface area contributed by atoms with E-state index in [4.69, 9.17) is 15.1 Å². The second kappa shape index (κ2) is 10.0. The van der Waals surface area contributed by atoms with E-state index in [-0.39, 0.29) is 28.5 Å². The van der Waals surface area contributed by atoms with Crippen LogP contribution in [0.3, 0.4) is 0 Å². The third-order valence-electron chi connectivity index (χ3n) is 6.20. The fourth-order valence-electron chi connectivity index (χ4n) is 4.45. The van der Waals surface area contributed by atoms with E-state index in [0.717, 1.165) is 12.1 Å². The van der Waals surface area contributed by atoms with Crippen LogP contribution in [0.4, 0.5) is 19.5 Å². The third-order valence-corrected chi connectivity index (χ3v) is 6.20. The highest BCUT2D eigenvalue weighted by molar-refractivity contribution is 5.82. The summed E-state index contributed by atoms with van der Waals surface area (Å²) < 4.78 is 35.8. The predicted octanol–water partition coefficient (Wildman–Crippen LogP) is 3.51. The molecule has 2 N–H and O–H groups in total. The van der Waals surface area contributed by atoms with Crippen LogP contribution in [0, 0.1) is 23.0 Å². The minimum absolute atomic E-state index is 0.00367. The molecule has 11 heteroatoms. The minimum atomic E-state index is -1.10. The van der Waals surface area contributed by atoms with Crippen LogP contribution in [-0.2, 0) is 7.05 Å². The molecular formula is C25H23F2N5O4. The van der Waals surface area contributed by atoms with Gasteiger partial charge in [-0.15, -0.1) is 0 Å². The molecule has 1 amide bonds. The molecule has 0 unspecified atom stereocenters. The molecule has 0 radical (unpaired) electrons. The van der Waals surface area contributed by atoms with Crippen molar-refractivity contribution in [1.82, 2.24) is 14.9 Å². The van der Waals surface area contributed by atoms with Crippen molar-refractivity contribution in [3.8, 4) is 34.2 Å². The molecule has 0 aliphatic carbocycles. The number of methoxy groups -OCH3 is 1. The van der Waals surface area contributed by atoms with Crippen LogP contribution in [0.5, 0.6) is 5.75 Å². The lowest BCUT2D eigenvalue weighted by atomic mass is 9.98. The van der Waals surface area contributed by atoms with Gasteiger partial charge in [0.2, 0.25) is 5.95 Å². The van der Waals surface area contributed by atoms with Crippen LogP contribution in [0.25, 0.3) is 22.4 Å². The van der Waals surface area contributed by atoms with E-state index < -0.39 is 23.3 Å². The Hall–Kier alpha value is -4.46. The first-order chi connectivity index (χ1) is 17.2. The Labute approximate surface area is 205 Å². The zero-order chi connectivity index (χ0) is 26.0. The second-order valence-corrected chi connectivity index (χ2v) is 8.37. The van der Waals surface area contributed by atoms with Gasteiger partial charge in [0.15, 0.2) is 11.6 Å². The van der Waals surface area contributed by atoms with Crippen LogP contribution in [-0.4, -0.2) is 47.0 Å². The lowest BCUT2D eigenvalue weighted by Crippen LogP contribution is -2.45. The molecule has 36 heavy (non-hydrogen) atoms. The highest BCUT2D eigenvalue weighted by atomic mass is 19.1. The topological polar surface area (TPSA) is 120 Å². The minimum Gasteiger partial charge on any atom is -0.494 e. The maximum atomic E-state index is 14.6. The Bertz CT molecular complexity index is 1430. The van der Waals surface area contributed by atoms with Crippen molar-refractivity contribution in [2.75, 3.05) is 25.1 Å². The smallest absolute Gasteiger partial charge is 0.404 e. The second-order valence-electron chi connectivity index (χ2n) is 8.37. The summed E-state index contributed by atoms with van der Waals surface area (Å²) in [5.41, 5.74) is 0.111. The van der Waals surface area contributed by atoms with Crippen molar-refractivity contribution in [3.63, 3.8) is 0 Å². The van der Waals surface area contributed by atoms with Crippen LogP contribution in [0.2, 0.25) is 0 Å². The summed E-state index contributed by atoms with van der Waals surface area (Å²) in [4.78, 5) is 30.5. The number of hydrogen-bond acceptors (Lipinski definition) is 6. The van der Waals surface area contributed by atoms with Gasteiger partial charge in [0, 0.05) is 31.7 Å². The fourth-order valence-corrected chi connectivity index (χ4v) is 4.45. The number of nitrogens with zero attached hydrogens (tertiary/aromatic N) is 4. The van der Waals surface area contributed by atoms with E-state index in [9.17, 15) is 18.4 Å². The van der Waals surface area contributed by atoms with E-state index in [0.29, 0.717) is 43.1 Å². The van der Waals surface area contributed by atoms with Crippen molar-refractivity contribution in [2.45, 2.75) is 18.9 Å². The number of aromatic nitrogens is 2.